The van der Waals surface area contributed by atoms with Gasteiger partial charge in [0.2, 0.25) is 11.8 Å². The zero-order valence-electron chi connectivity index (χ0n) is 25.5. The molecule has 3 aromatic rings. The second kappa shape index (κ2) is 18.0. The molecule has 11 nitrogen and oxygen atoms in total. The van der Waals surface area contributed by atoms with Crippen molar-refractivity contribution >= 4 is 34.8 Å². The van der Waals surface area contributed by atoms with Gasteiger partial charge < -0.3 is 35.5 Å². The Morgan fingerprint density at radius 1 is 0.933 bits per heavy atom. The maximum absolute atomic E-state index is 13.4. The summed E-state index contributed by atoms with van der Waals surface area (Å²) < 4.78 is 10.9. The van der Waals surface area contributed by atoms with Crippen LogP contribution >= 0.6 is 0 Å². The van der Waals surface area contributed by atoms with Crippen molar-refractivity contribution < 1.29 is 33.8 Å². The Balaban J connectivity index is 1.70. The minimum absolute atomic E-state index is 0.0318. The SMILES string of the molecule is C=CC[C@@H](CC(=O)N[C@H](C)CO)C(=O)N[C@H](COC(=O)[C@@H](CC=C)NC(=O)OCc1ccccc1)Cc1c[nH]c2ccccc12. The van der Waals surface area contributed by atoms with Crippen LogP contribution in [0, 0.1) is 5.92 Å². The topological polar surface area (TPSA) is 159 Å². The third-order valence-corrected chi connectivity index (χ3v) is 7.04. The van der Waals surface area contributed by atoms with Crippen LogP contribution in [-0.4, -0.2) is 65.3 Å². The highest BCUT2D eigenvalue weighted by Gasteiger charge is 2.27. The smallest absolute Gasteiger partial charge is 0.408 e. The summed E-state index contributed by atoms with van der Waals surface area (Å²) in [4.78, 5) is 54.7. The number of rotatable bonds is 18. The number of esters is 1. The van der Waals surface area contributed by atoms with Crippen LogP contribution in [-0.2, 0) is 36.9 Å². The van der Waals surface area contributed by atoms with E-state index in [-0.39, 0.29) is 45.0 Å². The predicted octanol–water partition coefficient (Wildman–Crippen LogP) is 3.69. The van der Waals surface area contributed by atoms with Crippen LogP contribution in [0.5, 0.6) is 0 Å². The van der Waals surface area contributed by atoms with E-state index in [1.165, 1.54) is 6.08 Å². The zero-order valence-corrected chi connectivity index (χ0v) is 25.5. The number of alkyl carbamates (subject to hydrolysis) is 1. The van der Waals surface area contributed by atoms with E-state index >= 15 is 0 Å². The van der Waals surface area contributed by atoms with Gasteiger partial charge in [-0.1, -0.05) is 60.7 Å². The van der Waals surface area contributed by atoms with Crippen LogP contribution in [0.15, 0.2) is 86.1 Å². The first kappa shape index (κ1) is 34.6. The first-order chi connectivity index (χ1) is 21.7. The lowest BCUT2D eigenvalue weighted by Crippen LogP contribution is -2.47. The van der Waals surface area contributed by atoms with Crippen molar-refractivity contribution in [3.8, 4) is 0 Å². The number of carbonyl (C=O) groups excluding carboxylic acids is 4. The summed E-state index contributed by atoms with van der Waals surface area (Å²) in [6, 6.07) is 14.6. The quantitative estimate of drug-likeness (QED) is 0.107. The number of carbonyl (C=O) groups is 4. The van der Waals surface area contributed by atoms with Crippen LogP contribution in [0.2, 0.25) is 0 Å². The van der Waals surface area contributed by atoms with E-state index in [0.29, 0.717) is 6.42 Å². The molecule has 0 aliphatic heterocycles. The number of aromatic amines is 1. The average molecular weight is 619 g/mol. The van der Waals surface area contributed by atoms with E-state index in [9.17, 15) is 24.3 Å². The third kappa shape index (κ3) is 11.3. The lowest BCUT2D eigenvalue weighted by atomic mass is 9.98. The number of ether oxygens (including phenoxy) is 2. The summed E-state index contributed by atoms with van der Waals surface area (Å²) in [7, 11) is 0. The number of aliphatic hydroxyl groups is 1. The highest BCUT2D eigenvalue weighted by Crippen LogP contribution is 2.20. The highest BCUT2D eigenvalue weighted by atomic mass is 16.6. The van der Waals surface area contributed by atoms with E-state index in [0.717, 1.165) is 22.0 Å². The highest BCUT2D eigenvalue weighted by molar-refractivity contribution is 5.87. The number of fused-ring (bicyclic) bond motifs is 1. The lowest BCUT2D eigenvalue weighted by molar-refractivity contribution is -0.147. The van der Waals surface area contributed by atoms with Crippen LogP contribution in [0.25, 0.3) is 10.9 Å². The van der Waals surface area contributed by atoms with Gasteiger partial charge in [0.1, 0.15) is 19.3 Å². The van der Waals surface area contributed by atoms with E-state index in [2.05, 4.69) is 34.1 Å². The summed E-state index contributed by atoms with van der Waals surface area (Å²) in [5.41, 5.74) is 2.60. The van der Waals surface area contributed by atoms with Gasteiger partial charge in [-0.25, -0.2) is 9.59 Å². The molecule has 0 aliphatic carbocycles. The van der Waals surface area contributed by atoms with E-state index in [4.69, 9.17) is 9.47 Å². The second-order valence-corrected chi connectivity index (χ2v) is 10.8. The number of hydrogen-bond acceptors (Lipinski definition) is 7. The van der Waals surface area contributed by atoms with Gasteiger partial charge in [0, 0.05) is 29.6 Å². The summed E-state index contributed by atoms with van der Waals surface area (Å²) in [6.07, 6.45) is 4.63. The van der Waals surface area contributed by atoms with Crippen molar-refractivity contribution in [2.75, 3.05) is 13.2 Å². The maximum Gasteiger partial charge on any atom is 0.408 e. The van der Waals surface area contributed by atoms with Gasteiger partial charge in [-0.15, -0.1) is 13.2 Å². The number of allylic oxidation sites excluding steroid dienone is 1. The fourth-order valence-corrected chi connectivity index (χ4v) is 4.70. The van der Waals surface area contributed by atoms with Crippen LogP contribution in [0.4, 0.5) is 4.79 Å². The molecule has 3 amide bonds. The van der Waals surface area contributed by atoms with Gasteiger partial charge in [0.25, 0.3) is 0 Å². The fraction of sp³-hybridized carbons (Fsp3) is 0.353. The minimum atomic E-state index is -1.05. The second-order valence-electron chi connectivity index (χ2n) is 10.8. The van der Waals surface area contributed by atoms with Crippen molar-refractivity contribution in [1.82, 2.24) is 20.9 Å². The maximum atomic E-state index is 13.4. The average Bonchev–Trinajstić information content (AvgIpc) is 3.45. The molecule has 3 rings (SSSR count). The molecule has 4 atom stereocenters. The number of H-pyrrole nitrogens is 1. The normalized spacial score (nSPS) is 13.5. The monoisotopic (exact) mass is 618 g/mol. The standard InChI is InChI=1S/C34H42N4O7/c1-4-11-25(18-31(40)36-23(3)20-39)32(41)37-27(17-26-19-35-29-16-10-9-15-28(26)29)22-44-33(42)30(12-5-2)38-34(43)45-21-24-13-7-6-8-14-24/h4-10,13-16,19,23,25,27,30,35,39H,1-2,11-12,17-18,20-22H2,3H3,(H,36,40)(H,37,41)(H,38,43)/t23-,25+,27+,30-/m1/s1. The van der Waals surface area contributed by atoms with Crippen molar-refractivity contribution in [3.63, 3.8) is 0 Å². The summed E-state index contributed by atoms with van der Waals surface area (Å²) >= 11 is 0. The molecule has 240 valence electrons. The molecule has 0 saturated carbocycles. The van der Waals surface area contributed by atoms with Gasteiger partial charge >= 0.3 is 12.1 Å². The zero-order chi connectivity index (χ0) is 32.6. The largest absolute Gasteiger partial charge is 0.462 e. The van der Waals surface area contributed by atoms with Gasteiger partial charge in [-0.2, -0.15) is 0 Å². The predicted molar refractivity (Wildman–Crippen MR) is 171 cm³/mol. The molecule has 1 aromatic heterocycles. The molecule has 0 bridgehead atoms. The van der Waals surface area contributed by atoms with Gasteiger partial charge in [-0.05, 0) is 43.4 Å². The molecule has 0 aliphatic rings. The Bertz CT molecular complexity index is 1440. The first-order valence-electron chi connectivity index (χ1n) is 14.8. The van der Waals surface area contributed by atoms with Gasteiger partial charge in [0.15, 0.2) is 0 Å². The molecule has 0 saturated heterocycles. The number of nitrogens with one attached hydrogen (secondary N) is 4. The number of hydrogen-bond donors (Lipinski definition) is 5. The summed E-state index contributed by atoms with van der Waals surface area (Å²) in [5, 5.41) is 18.3. The molecule has 0 fully saturated rings. The van der Waals surface area contributed by atoms with Gasteiger partial charge in [0.05, 0.1) is 18.6 Å². The number of aromatic nitrogens is 1. The Morgan fingerprint density at radius 3 is 2.36 bits per heavy atom. The van der Waals surface area contributed by atoms with E-state index < -0.39 is 42.0 Å². The first-order valence-corrected chi connectivity index (χ1v) is 14.8. The molecular formula is C34H42N4O7. The van der Waals surface area contributed by atoms with E-state index in [1.807, 2.05) is 60.8 Å². The molecule has 0 radical (unpaired) electrons. The van der Waals surface area contributed by atoms with Crippen LogP contribution in [0.1, 0.15) is 37.3 Å². The molecule has 11 heteroatoms. The number of amides is 3. The van der Waals surface area contributed by atoms with Crippen molar-refractivity contribution in [1.29, 1.82) is 0 Å². The Labute approximate surface area is 263 Å². The number of benzene rings is 2. The Morgan fingerprint density at radius 2 is 1.64 bits per heavy atom. The molecule has 1 heterocycles. The van der Waals surface area contributed by atoms with Crippen LogP contribution < -0.4 is 16.0 Å². The molecule has 2 aromatic carbocycles. The molecule has 0 unspecified atom stereocenters. The molecule has 0 spiro atoms. The number of para-hydroxylation sites is 1. The van der Waals surface area contributed by atoms with E-state index in [1.54, 1.807) is 13.0 Å². The Hall–Kier alpha value is -4.90. The molecular weight excluding hydrogens is 576 g/mol. The van der Waals surface area contributed by atoms with Crippen molar-refractivity contribution in [2.24, 2.45) is 5.92 Å². The third-order valence-electron chi connectivity index (χ3n) is 7.04. The molecule has 45 heavy (non-hydrogen) atoms. The van der Waals surface area contributed by atoms with Gasteiger partial charge in [-0.3, -0.25) is 9.59 Å². The number of aliphatic hydroxyl groups excluding tert-OH is 1. The summed E-state index contributed by atoms with van der Waals surface area (Å²) in [6.45, 7) is 8.64. The Kier molecular flexibility index (Phi) is 13.9. The minimum Gasteiger partial charge on any atom is -0.462 e. The van der Waals surface area contributed by atoms with Crippen molar-refractivity contribution in [3.05, 3.63) is 97.2 Å². The summed E-state index contributed by atoms with van der Waals surface area (Å²) in [5.74, 6) is -2.24. The fourth-order valence-electron chi connectivity index (χ4n) is 4.70. The lowest BCUT2D eigenvalue weighted by Gasteiger charge is -2.24. The van der Waals surface area contributed by atoms with Crippen molar-refractivity contribution in [2.45, 2.75) is 57.3 Å². The van der Waals surface area contributed by atoms with Crippen LogP contribution in [0.3, 0.4) is 0 Å². The molecule has 5 N–H and O–H groups in total.